The zero-order valence-corrected chi connectivity index (χ0v) is 18.6. The van der Waals surface area contributed by atoms with Crippen LogP contribution in [0.1, 0.15) is 44.6 Å². The molecule has 7 heteroatoms. The molecule has 0 atom stereocenters. The third-order valence-electron chi connectivity index (χ3n) is 5.81. The minimum absolute atomic E-state index is 0.00743. The molecule has 3 aliphatic rings. The van der Waals surface area contributed by atoms with Crippen LogP contribution in [0.25, 0.3) is 5.57 Å². The van der Waals surface area contributed by atoms with E-state index in [0.717, 1.165) is 42.6 Å². The van der Waals surface area contributed by atoms with Gasteiger partial charge >= 0.3 is 0 Å². The van der Waals surface area contributed by atoms with E-state index in [1.807, 2.05) is 54.6 Å². The van der Waals surface area contributed by atoms with Crippen molar-refractivity contribution in [2.75, 3.05) is 19.0 Å². The summed E-state index contributed by atoms with van der Waals surface area (Å²) in [6, 6.07) is 7.76. The van der Waals surface area contributed by atoms with Crippen LogP contribution in [0.2, 0.25) is 0 Å². The lowest BCUT2D eigenvalue weighted by atomic mass is 9.91. The molecule has 0 aromatic heterocycles. The van der Waals surface area contributed by atoms with Crippen LogP contribution in [-0.4, -0.2) is 45.0 Å². The molecule has 166 valence electrons. The molecule has 0 radical (unpaired) electrons. The van der Waals surface area contributed by atoms with E-state index >= 15 is 0 Å². The van der Waals surface area contributed by atoms with E-state index in [1.54, 1.807) is 6.92 Å². The lowest BCUT2D eigenvalue weighted by molar-refractivity contribution is -0.186. The highest BCUT2D eigenvalue weighted by atomic mass is 32.2. The van der Waals surface area contributed by atoms with Gasteiger partial charge in [0, 0.05) is 18.4 Å². The molecule has 1 spiro atoms. The predicted octanol–water partition coefficient (Wildman–Crippen LogP) is 4.44. The van der Waals surface area contributed by atoms with Crippen molar-refractivity contribution in [3.05, 3.63) is 60.2 Å². The predicted molar refractivity (Wildman–Crippen MR) is 122 cm³/mol. The molecule has 0 amide bonds. The third-order valence-corrected chi connectivity index (χ3v) is 7.11. The Morgan fingerprint density at radius 3 is 2.45 bits per heavy atom. The monoisotopic (exact) mass is 443 g/mol. The van der Waals surface area contributed by atoms with Crippen LogP contribution in [0.3, 0.4) is 0 Å². The second kappa shape index (κ2) is 9.51. The zero-order chi connectivity index (χ0) is 21.7. The highest BCUT2D eigenvalue weighted by molar-refractivity contribution is 7.90. The van der Waals surface area contributed by atoms with Crippen molar-refractivity contribution in [3.8, 4) is 5.75 Å². The van der Waals surface area contributed by atoms with Gasteiger partial charge in [0.15, 0.2) is 5.79 Å². The lowest BCUT2D eigenvalue weighted by Gasteiger charge is -2.35. The number of sulfonamides is 1. The maximum absolute atomic E-state index is 12.2. The number of rotatable bonds is 3. The molecule has 2 fully saturated rings. The number of nitrogens with zero attached hydrogens (tertiary/aromatic N) is 1. The topological polar surface area (TPSA) is 74.2 Å². The average Bonchev–Trinajstić information content (AvgIpc) is 3.19. The Hall–Kier alpha value is -2.22. The number of allylic oxidation sites excluding steroid dienone is 6. The van der Waals surface area contributed by atoms with Gasteiger partial charge in [-0.3, -0.25) is 0 Å². The van der Waals surface area contributed by atoms with Crippen molar-refractivity contribution in [1.29, 1.82) is 0 Å². The van der Waals surface area contributed by atoms with E-state index in [1.165, 1.54) is 0 Å². The van der Waals surface area contributed by atoms with Crippen molar-refractivity contribution in [2.45, 2.75) is 50.9 Å². The Balaban J connectivity index is 1.46. The molecule has 0 N–H and O–H groups in total. The molecule has 2 heterocycles. The van der Waals surface area contributed by atoms with Gasteiger partial charge in [-0.05, 0) is 43.9 Å². The fourth-order valence-corrected chi connectivity index (χ4v) is 5.22. The summed E-state index contributed by atoms with van der Waals surface area (Å²) in [6.45, 7) is 3.09. The largest absolute Gasteiger partial charge is 0.490 e. The highest BCUT2D eigenvalue weighted by Crippen LogP contribution is 2.37. The van der Waals surface area contributed by atoms with Crippen LogP contribution in [0.4, 0.5) is 0 Å². The van der Waals surface area contributed by atoms with Gasteiger partial charge in [0.05, 0.1) is 30.8 Å². The quantitative estimate of drug-likeness (QED) is 0.690. The Bertz CT molecular complexity index is 989. The SMILES string of the molecule is CC1=N/S(=O)(=O)CC\C=C/C=C\C=C/1c1ccc(OC2CCC3(CC2)OCCO3)cc1. The lowest BCUT2D eigenvalue weighted by Crippen LogP contribution is -2.38. The molecule has 0 unspecified atom stereocenters. The van der Waals surface area contributed by atoms with Crippen molar-refractivity contribution >= 4 is 21.3 Å². The fourth-order valence-electron chi connectivity index (χ4n) is 4.18. The van der Waals surface area contributed by atoms with Gasteiger partial charge in [0.1, 0.15) is 5.75 Å². The molecular formula is C24H29NO5S. The maximum Gasteiger partial charge on any atom is 0.253 e. The minimum Gasteiger partial charge on any atom is -0.490 e. The summed E-state index contributed by atoms with van der Waals surface area (Å²) >= 11 is 0. The summed E-state index contributed by atoms with van der Waals surface area (Å²) in [5.41, 5.74) is 2.15. The molecule has 1 saturated heterocycles. The number of hydrogen-bond donors (Lipinski definition) is 0. The summed E-state index contributed by atoms with van der Waals surface area (Å²) in [7, 11) is -3.50. The summed E-state index contributed by atoms with van der Waals surface area (Å²) in [4.78, 5) is 0. The Morgan fingerprint density at radius 1 is 1.03 bits per heavy atom. The smallest absolute Gasteiger partial charge is 0.253 e. The van der Waals surface area contributed by atoms with Gasteiger partial charge in [-0.1, -0.05) is 42.5 Å². The second-order valence-corrected chi connectivity index (χ2v) is 9.85. The Labute approximate surface area is 184 Å². The van der Waals surface area contributed by atoms with Gasteiger partial charge in [0.25, 0.3) is 10.0 Å². The summed E-state index contributed by atoms with van der Waals surface area (Å²) in [5.74, 6) is 0.425. The first kappa shape index (κ1) is 22.0. The summed E-state index contributed by atoms with van der Waals surface area (Å²) in [5, 5.41) is 0. The summed E-state index contributed by atoms with van der Waals surface area (Å²) in [6.07, 6.45) is 13.5. The molecular weight excluding hydrogens is 414 g/mol. The van der Waals surface area contributed by atoms with E-state index in [4.69, 9.17) is 14.2 Å². The van der Waals surface area contributed by atoms with Crippen LogP contribution < -0.4 is 4.74 Å². The first-order chi connectivity index (χ1) is 14.9. The van der Waals surface area contributed by atoms with E-state index in [9.17, 15) is 8.42 Å². The molecule has 1 saturated carbocycles. The fraction of sp³-hybridized carbons (Fsp3) is 0.458. The number of ether oxygens (including phenoxy) is 3. The van der Waals surface area contributed by atoms with Gasteiger partial charge in [-0.15, -0.1) is 0 Å². The minimum atomic E-state index is -3.50. The molecule has 0 bridgehead atoms. The zero-order valence-electron chi connectivity index (χ0n) is 17.8. The standard InChI is InChI=1S/C24H29NO5S/c1-19-23(7-5-3-2-4-6-18-31(26,27)25-19)20-8-10-21(11-9-20)30-22-12-14-24(15-13-22)28-16-17-29-24/h2-5,7-11,22H,6,12-18H2,1H3/b4-2-,5-3-,23-7+,25-19+. The van der Waals surface area contributed by atoms with Gasteiger partial charge < -0.3 is 14.2 Å². The molecule has 2 aliphatic heterocycles. The molecule has 1 aromatic carbocycles. The van der Waals surface area contributed by atoms with E-state index in [2.05, 4.69) is 4.40 Å². The van der Waals surface area contributed by atoms with E-state index < -0.39 is 10.0 Å². The van der Waals surface area contributed by atoms with Gasteiger partial charge in [0.2, 0.25) is 0 Å². The normalized spacial score (nSPS) is 29.2. The van der Waals surface area contributed by atoms with Crippen LogP contribution in [0, 0.1) is 0 Å². The molecule has 1 aromatic rings. The van der Waals surface area contributed by atoms with Crippen LogP contribution in [-0.2, 0) is 19.5 Å². The maximum atomic E-state index is 12.2. The van der Waals surface area contributed by atoms with Crippen molar-refractivity contribution in [3.63, 3.8) is 0 Å². The van der Waals surface area contributed by atoms with Crippen LogP contribution in [0.5, 0.6) is 5.75 Å². The van der Waals surface area contributed by atoms with Crippen molar-refractivity contribution in [1.82, 2.24) is 0 Å². The van der Waals surface area contributed by atoms with Gasteiger partial charge in [-0.25, -0.2) is 8.42 Å². The summed E-state index contributed by atoms with van der Waals surface area (Å²) < 4.78 is 46.3. The van der Waals surface area contributed by atoms with Gasteiger partial charge in [-0.2, -0.15) is 4.40 Å². The number of hydrogen-bond acceptors (Lipinski definition) is 5. The first-order valence-corrected chi connectivity index (χ1v) is 12.4. The molecule has 1 aliphatic carbocycles. The Kier molecular flexibility index (Phi) is 6.74. The highest BCUT2D eigenvalue weighted by Gasteiger charge is 2.40. The van der Waals surface area contributed by atoms with Crippen LogP contribution in [0.15, 0.2) is 59.0 Å². The van der Waals surface area contributed by atoms with Crippen LogP contribution >= 0.6 is 0 Å². The second-order valence-electron chi connectivity index (χ2n) is 8.09. The molecule has 6 nitrogen and oxygen atoms in total. The third kappa shape index (κ3) is 5.73. The van der Waals surface area contributed by atoms with Crippen molar-refractivity contribution in [2.24, 2.45) is 4.40 Å². The Morgan fingerprint density at radius 2 is 1.74 bits per heavy atom. The average molecular weight is 444 g/mol. The molecule has 4 rings (SSSR count). The van der Waals surface area contributed by atoms with Crippen molar-refractivity contribution < 1.29 is 22.6 Å². The van der Waals surface area contributed by atoms with E-state index in [-0.39, 0.29) is 17.6 Å². The first-order valence-electron chi connectivity index (χ1n) is 10.8. The number of benzene rings is 1. The molecule has 31 heavy (non-hydrogen) atoms. The van der Waals surface area contributed by atoms with E-state index in [0.29, 0.717) is 25.3 Å².